The molecule has 1 amide bonds. The predicted octanol–water partition coefficient (Wildman–Crippen LogP) is 0.0874. The molecule has 0 aromatic carbocycles. The van der Waals surface area contributed by atoms with Crippen molar-refractivity contribution in [3.63, 3.8) is 0 Å². The lowest BCUT2D eigenvalue weighted by Crippen LogP contribution is -2.31. The van der Waals surface area contributed by atoms with E-state index >= 15 is 0 Å². The van der Waals surface area contributed by atoms with Crippen LogP contribution in [0.1, 0.15) is 29.0 Å². The van der Waals surface area contributed by atoms with Gasteiger partial charge in [0.15, 0.2) is 0 Å². The maximum Gasteiger partial charge on any atom is 0.268 e. The number of carbonyl (C=O) groups excluding carboxylic acids is 1. The van der Waals surface area contributed by atoms with Crippen molar-refractivity contribution in [2.24, 2.45) is 11.8 Å². The Balaban J connectivity index is 1.94. The highest BCUT2D eigenvalue weighted by Crippen LogP contribution is 2.22. The molecule has 0 saturated carbocycles. The molecule has 4 N–H and O–H groups in total. The van der Waals surface area contributed by atoms with E-state index in [1.54, 1.807) is 6.07 Å². The molecule has 2 rings (SSSR count). The zero-order valence-electron chi connectivity index (χ0n) is 10.3. The fraction of sp³-hybridized carbons (Fsp3) is 0.583. The number of carbonyl (C=O) groups is 1. The second kappa shape index (κ2) is 5.99. The Morgan fingerprint density at radius 3 is 3.22 bits per heavy atom. The Morgan fingerprint density at radius 2 is 2.50 bits per heavy atom. The Kier molecular flexibility index (Phi) is 4.35. The van der Waals surface area contributed by atoms with Crippen molar-refractivity contribution in [1.82, 2.24) is 10.3 Å². The summed E-state index contributed by atoms with van der Waals surface area (Å²) in [5.74, 6) is 5.97. The van der Waals surface area contributed by atoms with Crippen molar-refractivity contribution in [1.29, 1.82) is 0 Å². The third-order valence-corrected chi connectivity index (χ3v) is 3.40. The number of hydrogen-bond donors (Lipinski definition) is 3. The lowest BCUT2D eigenvalue weighted by molar-refractivity contribution is 0.0950. The Labute approximate surface area is 106 Å². The third-order valence-electron chi connectivity index (χ3n) is 3.40. The first-order valence-electron chi connectivity index (χ1n) is 6.15. The monoisotopic (exact) mass is 253 g/mol. The lowest BCUT2D eigenvalue weighted by Gasteiger charge is -2.14. The van der Waals surface area contributed by atoms with E-state index in [9.17, 15) is 4.79 Å². The number of rotatable bonds is 5. The van der Waals surface area contributed by atoms with Gasteiger partial charge in [0.05, 0.1) is 18.4 Å². The Morgan fingerprint density at radius 1 is 1.67 bits per heavy atom. The van der Waals surface area contributed by atoms with Crippen molar-refractivity contribution >= 4 is 5.91 Å². The summed E-state index contributed by atoms with van der Waals surface area (Å²) in [7, 11) is 0. The van der Waals surface area contributed by atoms with E-state index in [0.29, 0.717) is 23.8 Å². The molecule has 1 aromatic heterocycles. The van der Waals surface area contributed by atoms with E-state index in [1.165, 1.54) is 6.26 Å². The highest BCUT2D eigenvalue weighted by molar-refractivity contribution is 5.94. The lowest BCUT2D eigenvalue weighted by atomic mass is 10.1. The average molecular weight is 253 g/mol. The summed E-state index contributed by atoms with van der Waals surface area (Å²) in [6.07, 6.45) is 3.42. The number of aliphatic hydroxyl groups excluding tert-OH is 1. The van der Waals surface area contributed by atoms with E-state index in [4.69, 9.17) is 15.4 Å². The standard InChI is InChI=1S/C12H19N3O3/c13-14-12(17)10-3-6-18-11(10)8-15-4-1-9(7-15)2-5-16/h3,6,9,16H,1-2,4-5,7-8,13H2,(H,14,17). The van der Waals surface area contributed by atoms with Crippen LogP contribution in [0.3, 0.4) is 0 Å². The number of nitrogens with two attached hydrogens (primary N) is 1. The Bertz CT molecular complexity index is 405. The normalized spacial score (nSPS) is 20.2. The number of nitrogen functional groups attached to an aromatic ring is 1. The number of hydrazine groups is 1. The van der Waals surface area contributed by atoms with Gasteiger partial charge in [-0.1, -0.05) is 0 Å². The molecule has 2 heterocycles. The van der Waals surface area contributed by atoms with Gasteiger partial charge in [-0.2, -0.15) is 0 Å². The van der Waals surface area contributed by atoms with E-state index < -0.39 is 0 Å². The second-order valence-corrected chi connectivity index (χ2v) is 4.63. The summed E-state index contributed by atoms with van der Waals surface area (Å²) in [5, 5.41) is 8.91. The van der Waals surface area contributed by atoms with Crippen LogP contribution in [-0.2, 0) is 6.54 Å². The predicted molar refractivity (Wildman–Crippen MR) is 65.4 cm³/mol. The highest BCUT2D eigenvalue weighted by Gasteiger charge is 2.24. The van der Waals surface area contributed by atoms with Crippen LogP contribution in [0.25, 0.3) is 0 Å². The number of aliphatic hydroxyl groups is 1. The fourth-order valence-corrected chi connectivity index (χ4v) is 2.42. The average Bonchev–Trinajstić information content (AvgIpc) is 2.99. The molecule has 1 fully saturated rings. The topological polar surface area (TPSA) is 91.7 Å². The first-order chi connectivity index (χ1) is 8.74. The third kappa shape index (κ3) is 2.90. The van der Waals surface area contributed by atoms with E-state index in [1.807, 2.05) is 0 Å². The van der Waals surface area contributed by atoms with Gasteiger partial charge in [0, 0.05) is 13.2 Å². The quantitative estimate of drug-likeness (QED) is 0.393. The van der Waals surface area contributed by atoms with Gasteiger partial charge in [-0.15, -0.1) is 0 Å². The van der Waals surface area contributed by atoms with Crippen molar-refractivity contribution < 1.29 is 14.3 Å². The molecular weight excluding hydrogens is 234 g/mol. The zero-order chi connectivity index (χ0) is 13.0. The summed E-state index contributed by atoms with van der Waals surface area (Å²) in [5.41, 5.74) is 2.60. The maximum atomic E-state index is 11.5. The van der Waals surface area contributed by atoms with Crippen molar-refractivity contribution in [3.05, 3.63) is 23.7 Å². The van der Waals surface area contributed by atoms with Gasteiger partial charge >= 0.3 is 0 Å². The molecule has 1 saturated heterocycles. The zero-order valence-corrected chi connectivity index (χ0v) is 10.3. The van der Waals surface area contributed by atoms with Gasteiger partial charge in [-0.3, -0.25) is 15.1 Å². The van der Waals surface area contributed by atoms with Crippen LogP contribution in [0.5, 0.6) is 0 Å². The number of hydrogen-bond acceptors (Lipinski definition) is 5. The molecule has 6 nitrogen and oxygen atoms in total. The van der Waals surface area contributed by atoms with Crippen molar-refractivity contribution in [2.45, 2.75) is 19.4 Å². The summed E-state index contributed by atoms with van der Waals surface area (Å²) in [6.45, 7) is 2.75. The first kappa shape index (κ1) is 13.1. The minimum absolute atomic E-state index is 0.236. The van der Waals surface area contributed by atoms with Crippen LogP contribution in [0.4, 0.5) is 0 Å². The van der Waals surface area contributed by atoms with E-state index in [-0.39, 0.29) is 12.5 Å². The molecule has 6 heteroatoms. The van der Waals surface area contributed by atoms with Gasteiger partial charge in [0.25, 0.3) is 5.91 Å². The molecule has 100 valence electrons. The molecule has 18 heavy (non-hydrogen) atoms. The molecular formula is C12H19N3O3. The summed E-state index contributed by atoms with van der Waals surface area (Å²) in [4.78, 5) is 13.7. The molecule has 1 atom stereocenters. The van der Waals surface area contributed by atoms with Crippen LogP contribution in [0.2, 0.25) is 0 Å². The molecule has 1 unspecified atom stereocenters. The fourth-order valence-electron chi connectivity index (χ4n) is 2.42. The van der Waals surface area contributed by atoms with Crippen LogP contribution in [0.15, 0.2) is 16.7 Å². The maximum absolute atomic E-state index is 11.5. The number of furan rings is 1. The molecule has 0 spiro atoms. The molecule has 0 aliphatic carbocycles. The van der Waals surface area contributed by atoms with Crippen molar-refractivity contribution in [2.75, 3.05) is 19.7 Å². The summed E-state index contributed by atoms with van der Waals surface area (Å²) >= 11 is 0. The molecule has 0 bridgehead atoms. The largest absolute Gasteiger partial charge is 0.467 e. The minimum Gasteiger partial charge on any atom is -0.467 e. The summed E-state index contributed by atoms with van der Waals surface area (Å²) < 4.78 is 5.34. The van der Waals surface area contributed by atoms with Crippen LogP contribution in [0, 0.1) is 5.92 Å². The number of likely N-dealkylation sites (tertiary alicyclic amines) is 1. The van der Waals surface area contributed by atoms with Gasteiger partial charge in [0.1, 0.15) is 5.76 Å². The van der Waals surface area contributed by atoms with Gasteiger partial charge in [-0.25, -0.2) is 5.84 Å². The van der Waals surface area contributed by atoms with E-state index in [0.717, 1.165) is 25.9 Å². The van der Waals surface area contributed by atoms with Crippen molar-refractivity contribution in [3.8, 4) is 0 Å². The van der Waals surface area contributed by atoms with E-state index in [2.05, 4.69) is 10.3 Å². The van der Waals surface area contributed by atoms with Crippen LogP contribution >= 0.6 is 0 Å². The smallest absolute Gasteiger partial charge is 0.268 e. The highest BCUT2D eigenvalue weighted by atomic mass is 16.3. The Hall–Kier alpha value is -1.37. The number of amides is 1. The molecule has 1 aliphatic heterocycles. The molecule has 1 aliphatic rings. The number of nitrogens with one attached hydrogen (secondary N) is 1. The van der Waals surface area contributed by atoms with Gasteiger partial charge < -0.3 is 9.52 Å². The van der Waals surface area contributed by atoms with Crippen LogP contribution < -0.4 is 11.3 Å². The van der Waals surface area contributed by atoms with Gasteiger partial charge in [-0.05, 0) is 31.4 Å². The second-order valence-electron chi connectivity index (χ2n) is 4.63. The number of nitrogens with zero attached hydrogens (tertiary/aromatic N) is 1. The summed E-state index contributed by atoms with van der Waals surface area (Å²) in [6, 6.07) is 1.62. The SMILES string of the molecule is NNC(=O)c1ccoc1CN1CCC(CCO)C1. The van der Waals surface area contributed by atoms with Crippen LogP contribution in [-0.4, -0.2) is 35.6 Å². The molecule has 0 radical (unpaired) electrons. The van der Waals surface area contributed by atoms with Gasteiger partial charge in [0.2, 0.25) is 0 Å². The minimum atomic E-state index is -0.329. The first-order valence-corrected chi connectivity index (χ1v) is 6.15. The molecule has 1 aromatic rings.